The smallest absolute Gasteiger partial charge is 0.333 e. The molecule has 0 saturated carbocycles. The maximum atomic E-state index is 12.5. The van der Waals surface area contributed by atoms with Crippen molar-refractivity contribution in [2.24, 2.45) is 0 Å². The lowest BCUT2D eigenvalue weighted by molar-refractivity contribution is -0.139. The van der Waals surface area contributed by atoms with E-state index in [1.54, 1.807) is 32.9 Å². The standard InChI is InChI=1S/C27H34N6O5S/c1-7-8-24(34)29-23-15-20(9-10-22(23)30-31-25-21(16-28)19(6)32-39-25)33(11-13-37-26(35)17(2)3)12-14-38-27(36)18(4)5/h9-10,15,30-31H,2,4,7-8,11-14H2,1,3,5-6H3,(H,29,34). The van der Waals surface area contributed by atoms with E-state index in [0.717, 1.165) is 11.5 Å². The molecule has 2 aromatic rings. The Balaban J connectivity index is 2.31. The first-order chi connectivity index (χ1) is 18.6. The summed E-state index contributed by atoms with van der Waals surface area (Å²) in [5.41, 5.74) is 9.41. The maximum Gasteiger partial charge on any atom is 0.333 e. The van der Waals surface area contributed by atoms with Crippen molar-refractivity contribution >= 4 is 51.4 Å². The van der Waals surface area contributed by atoms with Gasteiger partial charge in [-0.05, 0) is 56.9 Å². The highest BCUT2D eigenvalue weighted by atomic mass is 32.1. The van der Waals surface area contributed by atoms with Crippen molar-refractivity contribution in [1.29, 1.82) is 5.26 Å². The minimum Gasteiger partial charge on any atom is -0.460 e. The summed E-state index contributed by atoms with van der Waals surface area (Å²) in [6.07, 6.45) is 1.01. The lowest BCUT2D eigenvalue weighted by Gasteiger charge is -2.26. The molecule has 0 aliphatic heterocycles. The van der Waals surface area contributed by atoms with Crippen molar-refractivity contribution in [3.63, 3.8) is 0 Å². The lowest BCUT2D eigenvalue weighted by atomic mass is 10.2. The van der Waals surface area contributed by atoms with Crippen LogP contribution in [-0.2, 0) is 23.9 Å². The molecule has 12 heteroatoms. The third-order valence-electron chi connectivity index (χ3n) is 5.29. The molecule has 11 nitrogen and oxygen atoms in total. The van der Waals surface area contributed by atoms with E-state index in [-0.39, 0.29) is 30.3 Å². The van der Waals surface area contributed by atoms with Crippen LogP contribution in [0, 0.1) is 18.3 Å². The topological polar surface area (TPSA) is 146 Å². The molecule has 0 unspecified atom stereocenters. The highest BCUT2D eigenvalue weighted by Gasteiger charge is 2.16. The number of esters is 2. The zero-order chi connectivity index (χ0) is 28.9. The van der Waals surface area contributed by atoms with Crippen molar-refractivity contribution < 1.29 is 23.9 Å². The largest absolute Gasteiger partial charge is 0.460 e. The number of aromatic nitrogens is 1. The molecule has 1 aromatic carbocycles. The third kappa shape index (κ3) is 9.46. The fraction of sp³-hybridized carbons (Fsp3) is 0.370. The molecule has 0 bridgehead atoms. The predicted octanol–water partition coefficient (Wildman–Crippen LogP) is 4.55. The number of amides is 1. The molecule has 3 N–H and O–H groups in total. The number of ether oxygens (including phenoxy) is 2. The van der Waals surface area contributed by atoms with Crippen LogP contribution in [-0.4, -0.2) is 48.5 Å². The molecule has 0 fully saturated rings. The van der Waals surface area contributed by atoms with Crippen molar-refractivity contribution in [3.8, 4) is 6.07 Å². The van der Waals surface area contributed by atoms with Crippen LogP contribution in [0.4, 0.5) is 22.1 Å². The first kappa shape index (κ1) is 30.9. The minimum atomic E-state index is -0.503. The molecule has 0 aliphatic rings. The molecule has 0 atom stereocenters. The van der Waals surface area contributed by atoms with Crippen molar-refractivity contribution in [2.45, 2.75) is 40.5 Å². The SMILES string of the molecule is C=C(C)C(=O)OCCN(CCOC(=O)C(=C)C)c1ccc(NNc2snc(C)c2C#N)c(NC(=O)CCC)c1. The molecule has 208 valence electrons. The van der Waals surface area contributed by atoms with Crippen molar-refractivity contribution in [3.05, 3.63) is 53.8 Å². The van der Waals surface area contributed by atoms with Gasteiger partial charge in [-0.1, -0.05) is 20.1 Å². The predicted molar refractivity (Wildman–Crippen MR) is 153 cm³/mol. The molecular formula is C27H34N6O5S. The second-order valence-corrected chi connectivity index (χ2v) is 9.45. The average molecular weight is 555 g/mol. The normalized spacial score (nSPS) is 10.1. The van der Waals surface area contributed by atoms with E-state index in [2.05, 4.69) is 39.8 Å². The molecule has 0 radical (unpaired) electrons. The Morgan fingerprint density at radius 1 is 1.05 bits per heavy atom. The van der Waals surface area contributed by atoms with Gasteiger partial charge in [0.1, 0.15) is 29.8 Å². The van der Waals surface area contributed by atoms with E-state index in [0.29, 0.717) is 59.3 Å². The quantitative estimate of drug-likeness (QED) is 0.163. The van der Waals surface area contributed by atoms with E-state index < -0.39 is 11.9 Å². The van der Waals surface area contributed by atoms with E-state index >= 15 is 0 Å². The van der Waals surface area contributed by atoms with Gasteiger partial charge in [0.25, 0.3) is 0 Å². The number of benzene rings is 1. The Morgan fingerprint density at radius 3 is 2.21 bits per heavy atom. The maximum absolute atomic E-state index is 12.5. The van der Waals surface area contributed by atoms with Crippen LogP contribution in [0.3, 0.4) is 0 Å². The highest BCUT2D eigenvalue weighted by molar-refractivity contribution is 7.10. The first-order valence-corrected chi connectivity index (χ1v) is 13.1. The number of carbonyl (C=O) groups excluding carboxylic acids is 3. The van der Waals surface area contributed by atoms with Gasteiger partial charge < -0.3 is 19.7 Å². The van der Waals surface area contributed by atoms with Crippen LogP contribution in [0.1, 0.15) is 44.9 Å². The van der Waals surface area contributed by atoms with Gasteiger partial charge >= 0.3 is 11.9 Å². The Labute approximate surface area is 232 Å². The molecule has 1 heterocycles. The van der Waals surface area contributed by atoms with Gasteiger partial charge in [0.05, 0.1) is 30.2 Å². The summed E-state index contributed by atoms with van der Waals surface area (Å²) in [5, 5.41) is 12.9. The lowest BCUT2D eigenvalue weighted by Crippen LogP contribution is -2.32. The number of hydrazine groups is 1. The van der Waals surface area contributed by atoms with Crippen LogP contribution in [0.15, 0.2) is 42.5 Å². The number of anilines is 4. The average Bonchev–Trinajstić information content (AvgIpc) is 3.25. The molecule has 1 amide bonds. The van der Waals surface area contributed by atoms with Gasteiger partial charge in [-0.25, -0.2) is 9.59 Å². The number of hydrogen-bond acceptors (Lipinski definition) is 11. The molecule has 39 heavy (non-hydrogen) atoms. The van der Waals surface area contributed by atoms with Gasteiger partial charge in [0.15, 0.2) is 0 Å². The molecule has 0 aliphatic carbocycles. The zero-order valence-corrected chi connectivity index (χ0v) is 23.5. The summed E-state index contributed by atoms with van der Waals surface area (Å²) in [6.45, 7) is 14.7. The first-order valence-electron chi connectivity index (χ1n) is 12.3. The molecule has 0 spiro atoms. The second-order valence-electron chi connectivity index (χ2n) is 8.68. The van der Waals surface area contributed by atoms with Crippen molar-refractivity contribution in [2.75, 3.05) is 47.4 Å². The van der Waals surface area contributed by atoms with E-state index in [4.69, 9.17) is 9.47 Å². The van der Waals surface area contributed by atoms with Crippen LogP contribution >= 0.6 is 11.5 Å². The number of nitrogens with zero attached hydrogens (tertiary/aromatic N) is 3. The van der Waals surface area contributed by atoms with Crippen LogP contribution in [0.25, 0.3) is 0 Å². The summed E-state index contributed by atoms with van der Waals surface area (Å²) < 4.78 is 14.7. The number of nitrogens with one attached hydrogen (secondary N) is 3. The van der Waals surface area contributed by atoms with Gasteiger partial charge in [0, 0.05) is 23.3 Å². The van der Waals surface area contributed by atoms with E-state index in [9.17, 15) is 19.6 Å². The van der Waals surface area contributed by atoms with E-state index in [1.807, 2.05) is 17.9 Å². The number of rotatable bonds is 15. The zero-order valence-electron chi connectivity index (χ0n) is 22.7. The molecule has 1 aromatic heterocycles. The van der Waals surface area contributed by atoms with Gasteiger partial charge in [-0.2, -0.15) is 9.64 Å². The fourth-order valence-electron chi connectivity index (χ4n) is 3.21. The number of aryl methyl sites for hydroxylation is 1. The summed E-state index contributed by atoms with van der Waals surface area (Å²) in [5.74, 6) is -1.17. The van der Waals surface area contributed by atoms with Crippen LogP contribution < -0.4 is 21.1 Å². The summed E-state index contributed by atoms with van der Waals surface area (Å²) >= 11 is 1.15. The Kier molecular flexibility index (Phi) is 12.0. The van der Waals surface area contributed by atoms with Crippen LogP contribution in [0.5, 0.6) is 0 Å². The minimum absolute atomic E-state index is 0.0703. The highest BCUT2D eigenvalue weighted by Crippen LogP contribution is 2.30. The Hall–Kier alpha value is -4.37. The van der Waals surface area contributed by atoms with Crippen LogP contribution in [0.2, 0.25) is 0 Å². The summed E-state index contributed by atoms with van der Waals surface area (Å²) in [6, 6.07) is 7.46. The van der Waals surface area contributed by atoms with Gasteiger partial charge in [-0.3, -0.25) is 15.6 Å². The monoisotopic (exact) mass is 554 g/mol. The number of carbonyl (C=O) groups is 3. The molecule has 2 rings (SSSR count). The number of hydrogen-bond donors (Lipinski definition) is 3. The fourth-order valence-corrected chi connectivity index (χ4v) is 3.91. The Bertz CT molecular complexity index is 1230. The van der Waals surface area contributed by atoms with E-state index in [1.165, 1.54) is 0 Å². The van der Waals surface area contributed by atoms with Gasteiger partial charge in [-0.15, -0.1) is 0 Å². The van der Waals surface area contributed by atoms with Crippen molar-refractivity contribution in [1.82, 2.24) is 4.37 Å². The second kappa shape index (κ2) is 15.1. The molecular weight excluding hydrogens is 520 g/mol. The molecule has 0 saturated heterocycles. The third-order valence-corrected chi connectivity index (χ3v) is 6.14. The number of nitriles is 1. The Morgan fingerprint density at radius 2 is 1.67 bits per heavy atom. The van der Waals surface area contributed by atoms with Gasteiger partial charge in [0.2, 0.25) is 5.91 Å². The summed E-state index contributed by atoms with van der Waals surface area (Å²) in [7, 11) is 0. The summed E-state index contributed by atoms with van der Waals surface area (Å²) in [4.78, 5) is 38.1.